The van der Waals surface area contributed by atoms with Gasteiger partial charge in [0.15, 0.2) is 0 Å². The summed E-state index contributed by atoms with van der Waals surface area (Å²) in [7, 11) is 0. The van der Waals surface area contributed by atoms with E-state index in [9.17, 15) is 97.1 Å². The Morgan fingerprint density at radius 3 is 0.604 bits per heavy atom. The van der Waals surface area contributed by atoms with Gasteiger partial charge in [-0.2, -0.15) is 0 Å². The van der Waals surface area contributed by atoms with E-state index in [-0.39, 0.29) is 89.8 Å². The molecular formula is C75H136N16O20. The molecule has 0 radical (unpaired) electrons. The SMILES string of the molecule is CC[C@H](C)[C@H](N)C(=O)N[C@@H](CCC(=O)O)C(=O)N[C@H](C(=O)N[C@@H](CCCCN)C(=O)N[C@H](C(=O)N[C@@H](CCC(=O)O)C(=O)N[C@H](C(=O)N[C@@H](CCCCN)C(=O)N[C@H](C(=O)N[C@@H](CCC(=O)O)C(=O)N[C@H](C(=O)N[C@@H](CCCCN)C(=O)N[C@H](C(=O)O)[C@@H](C)CC)[C@@H](C)CC)[C@@H](C)CC)[C@@H](C)CC)[C@@H](C)CC)[C@@H](C)CC. The number of carbonyl (C=O) groups is 16. The maximum atomic E-state index is 14.8. The van der Waals surface area contributed by atoms with Crippen LogP contribution in [0.3, 0.4) is 0 Å². The summed E-state index contributed by atoms with van der Waals surface area (Å²) in [4.78, 5) is 220. The molecule has 20 atom stereocenters. The van der Waals surface area contributed by atoms with E-state index in [1.54, 1.807) is 90.0 Å². The zero-order valence-corrected chi connectivity index (χ0v) is 67.9. The normalized spacial score (nSPS) is 16.7. The van der Waals surface area contributed by atoms with Crippen molar-refractivity contribution in [3.63, 3.8) is 0 Å². The molecule has 0 aromatic rings. The number of amides is 12. The van der Waals surface area contributed by atoms with E-state index in [1.807, 2.05) is 6.92 Å². The molecule has 0 aliphatic carbocycles. The number of nitrogens with two attached hydrogens (primary N) is 4. The first-order chi connectivity index (χ1) is 52.2. The van der Waals surface area contributed by atoms with Crippen molar-refractivity contribution in [2.45, 2.75) is 317 Å². The van der Waals surface area contributed by atoms with Gasteiger partial charge in [-0.05, 0) is 138 Å². The van der Waals surface area contributed by atoms with Gasteiger partial charge >= 0.3 is 23.9 Å². The standard InChI is InChI=1S/C75H136N16O20/c1-15-40(8)56(79)69(104)80-50(31-34-53(92)93)66(101)88-57(41(9)16-2)70(105)81-47(28-22-25-37-76)63(98)86-60(44(12)19-5)73(108)84-51(32-35-54(94)95)67(102)89-58(42(10)17-3)71(106)82-48(29-23-26-38-77)64(99)87-61(45(13)20-6)74(109)85-52(33-36-55(96)97)68(103)90-59(43(11)18-4)72(107)83-49(30-24-27-39-78)65(100)91-62(75(110)111)46(14)21-7/h40-52,56-62H,15-39,76-79H2,1-14H3,(H,80,104)(H,81,105)(H,82,106)(H,83,107)(H,84,108)(H,85,109)(H,86,98)(H,87,99)(H,88,101)(H,89,102)(H,90,103)(H,91,100)(H,92,93)(H,94,95)(H,96,97)(H,110,111)/t40-,41-,42-,43-,44-,45-,46-,47-,48-,49-,50-,51-,52-,56-,57-,58-,59-,60-,61-,62-/m0/s1. The molecule has 0 aromatic carbocycles. The highest BCUT2D eigenvalue weighted by Crippen LogP contribution is 2.20. The lowest BCUT2D eigenvalue weighted by molar-refractivity contribution is -0.144. The summed E-state index contributed by atoms with van der Waals surface area (Å²) in [5.74, 6) is -20.2. The number of hydrogen-bond acceptors (Lipinski definition) is 20. The highest BCUT2D eigenvalue weighted by Gasteiger charge is 2.41. The molecule has 111 heavy (non-hydrogen) atoms. The van der Waals surface area contributed by atoms with E-state index in [4.69, 9.17) is 22.9 Å². The molecule has 0 aromatic heterocycles. The number of hydrogen-bond donors (Lipinski definition) is 20. The largest absolute Gasteiger partial charge is 0.481 e. The predicted octanol–water partition coefficient (Wildman–Crippen LogP) is 0.520. The van der Waals surface area contributed by atoms with Crippen LogP contribution in [-0.2, 0) is 76.7 Å². The summed E-state index contributed by atoms with van der Waals surface area (Å²) < 4.78 is 0. The Kier molecular flexibility index (Phi) is 50.6. The number of carbonyl (C=O) groups excluding carboxylic acids is 12. The molecule has 0 spiro atoms. The van der Waals surface area contributed by atoms with E-state index in [0.29, 0.717) is 44.9 Å². The molecule has 36 heteroatoms. The molecule has 0 aliphatic heterocycles. The minimum Gasteiger partial charge on any atom is -0.481 e. The van der Waals surface area contributed by atoms with Gasteiger partial charge in [-0.1, -0.05) is 142 Å². The Morgan fingerprint density at radius 2 is 0.423 bits per heavy atom. The maximum Gasteiger partial charge on any atom is 0.326 e. The Morgan fingerprint density at radius 1 is 0.243 bits per heavy atom. The molecule has 636 valence electrons. The number of carboxylic acid groups (broad SMARTS) is 4. The quantitative estimate of drug-likeness (QED) is 0.0369. The molecule has 0 saturated carbocycles. The summed E-state index contributed by atoms with van der Waals surface area (Å²) in [5, 5.41) is 70.7. The van der Waals surface area contributed by atoms with E-state index in [0.717, 1.165) is 0 Å². The smallest absolute Gasteiger partial charge is 0.326 e. The number of nitrogens with one attached hydrogen (secondary N) is 12. The van der Waals surface area contributed by atoms with Gasteiger partial charge in [-0.3, -0.25) is 71.9 Å². The van der Waals surface area contributed by atoms with Gasteiger partial charge in [0.05, 0.1) is 6.04 Å². The lowest BCUT2D eigenvalue weighted by atomic mass is 9.95. The summed E-state index contributed by atoms with van der Waals surface area (Å²) in [6.45, 7) is 24.2. The Bertz CT molecular complexity index is 3000. The molecule has 12 amide bonds. The van der Waals surface area contributed by atoms with Gasteiger partial charge in [-0.25, -0.2) is 4.79 Å². The highest BCUT2D eigenvalue weighted by atomic mass is 16.4. The number of rotatable bonds is 60. The second kappa shape index (κ2) is 54.9. The van der Waals surface area contributed by atoms with E-state index < -0.39 is 241 Å². The zero-order chi connectivity index (χ0) is 84.9. The van der Waals surface area contributed by atoms with Crippen LogP contribution in [0.1, 0.15) is 238 Å². The molecule has 24 N–H and O–H groups in total. The fraction of sp³-hybridized carbons (Fsp3) is 0.787. The monoisotopic (exact) mass is 1580 g/mol. The molecule has 0 saturated heterocycles. The van der Waals surface area contributed by atoms with Crippen LogP contribution >= 0.6 is 0 Å². The van der Waals surface area contributed by atoms with Crippen LogP contribution in [0, 0.1) is 41.4 Å². The van der Waals surface area contributed by atoms with Crippen LogP contribution in [0.15, 0.2) is 0 Å². The van der Waals surface area contributed by atoms with Crippen molar-refractivity contribution in [3.05, 3.63) is 0 Å². The van der Waals surface area contributed by atoms with Gasteiger partial charge in [0, 0.05) is 19.3 Å². The van der Waals surface area contributed by atoms with Crippen molar-refractivity contribution in [1.29, 1.82) is 0 Å². The first-order valence-corrected chi connectivity index (χ1v) is 39.6. The molecule has 0 fully saturated rings. The Balaban J connectivity index is 7.40. The number of unbranched alkanes of at least 4 members (excludes halogenated alkanes) is 3. The van der Waals surface area contributed by atoms with Crippen molar-refractivity contribution in [2.75, 3.05) is 19.6 Å². The van der Waals surface area contributed by atoms with Crippen molar-refractivity contribution >= 4 is 94.8 Å². The van der Waals surface area contributed by atoms with Crippen molar-refractivity contribution in [2.24, 2.45) is 64.4 Å². The minimum atomic E-state index is -1.69. The molecule has 0 aliphatic rings. The van der Waals surface area contributed by atoms with E-state index in [2.05, 4.69) is 63.8 Å². The van der Waals surface area contributed by atoms with Crippen molar-refractivity contribution in [3.8, 4) is 0 Å². The van der Waals surface area contributed by atoms with Gasteiger partial charge in [0.2, 0.25) is 70.9 Å². The van der Waals surface area contributed by atoms with Crippen LogP contribution in [0.5, 0.6) is 0 Å². The summed E-state index contributed by atoms with van der Waals surface area (Å²) in [5.41, 5.74) is 23.5. The van der Waals surface area contributed by atoms with E-state index in [1.165, 1.54) is 0 Å². The maximum absolute atomic E-state index is 14.8. The average molecular weight is 1580 g/mol. The molecular weight excluding hydrogens is 1440 g/mol. The second-order valence-electron chi connectivity index (χ2n) is 29.5. The predicted molar refractivity (Wildman–Crippen MR) is 414 cm³/mol. The topological polar surface area (TPSA) is 602 Å². The van der Waals surface area contributed by atoms with Crippen molar-refractivity contribution in [1.82, 2.24) is 63.8 Å². The van der Waals surface area contributed by atoms with Crippen LogP contribution in [0.25, 0.3) is 0 Å². The van der Waals surface area contributed by atoms with E-state index >= 15 is 0 Å². The Labute approximate surface area is 653 Å². The second-order valence-corrected chi connectivity index (χ2v) is 29.5. The molecule has 36 nitrogen and oxygen atoms in total. The fourth-order valence-corrected chi connectivity index (χ4v) is 11.7. The third-order valence-electron chi connectivity index (χ3n) is 20.9. The van der Waals surface area contributed by atoms with Crippen LogP contribution < -0.4 is 86.7 Å². The lowest BCUT2D eigenvalue weighted by Gasteiger charge is -2.32. The highest BCUT2D eigenvalue weighted by molar-refractivity contribution is 6.00. The van der Waals surface area contributed by atoms with Crippen LogP contribution in [-0.4, -0.2) is 213 Å². The van der Waals surface area contributed by atoms with Crippen LogP contribution in [0.4, 0.5) is 0 Å². The Hall–Kier alpha value is -8.64. The number of aliphatic carboxylic acids is 4. The summed E-state index contributed by atoms with van der Waals surface area (Å²) in [6.07, 6.45) is 0.906. The fourth-order valence-electron chi connectivity index (χ4n) is 11.7. The van der Waals surface area contributed by atoms with Crippen molar-refractivity contribution < 1.29 is 97.1 Å². The average Bonchev–Trinajstić information content (AvgIpc) is 0.845. The number of carboxylic acids is 4. The van der Waals surface area contributed by atoms with Gasteiger partial charge in [-0.15, -0.1) is 0 Å². The molecule has 0 heterocycles. The first kappa shape index (κ1) is 102. The molecule has 0 rings (SSSR count). The summed E-state index contributed by atoms with van der Waals surface area (Å²) in [6, 6.07) is -18.4. The lowest BCUT2D eigenvalue weighted by Crippen LogP contribution is -2.62. The van der Waals surface area contributed by atoms with Gasteiger partial charge in [0.1, 0.15) is 72.5 Å². The minimum absolute atomic E-state index is 0.0354. The molecule has 0 bridgehead atoms. The zero-order valence-electron chi connectivity index (χ0n) is 67.9. The van der Waals surface area contributed by atoms with Crippen LogP contribution in [0.2, 0.25) is 0 Å². The molecule has 0 unspecified atom stereocenters. The van der Waals surface area contributed by atoms with Gasteiger partial charge < -0.3 is 107 Å². The third kappa shape index (κ3) is 37.5. The summed E-state index contributed by atoms with van der Waals surface area (Å²) >= 11 is 0. The third-order valence-corrected chi connectivity index (χ3v) is 20.9. The first-order valence-electron chi connectivity index (χ1n) is 39.6. The van der Waals surface area contributed by atoms with Gasteiger partial charge in [0.25, 0.3) is 0 Å².